The van der Waals surface area contributed by atoms with Crippen LogP contribution < -0.4 is 4.90 Å². The van der Waals surface area contributed by atoms with Gasteiger partial charge in [-0.05, 0) is 57.0 Å². The molecule has 0 radical (unpaired) electrons. The van der Waals surface area contributed by atoms with E-state index in [0.717, 1.165) is 16.8 Å². The van der Waals surface area contributed by atoms with Gasteiger partial charge in [0.15, 0.2) is 12.4 Å². The first kappa shape index (κ1) is 21.4. The Hall–Kier alpha value is -2.95. The van der Waals surface area contributed by atoms with Gasteiger partial charge in [-0.2, -0.15) is 0 Å². The van der Waals surface area contributed by atoms with E-state index < -0.39 is 5.97 Å². The summed E-state index contributed by atoms with van der Waals surface area (Å²) >= 11 is 0. The highest BCUT2D eigenvalue weighted by molar-refractivity contribution is 5.98. The Kier molecular flexibility index (Phi) is 7.50. The minimum absolute atomic E-state index is 0.0496. The number of hydrogen-bond donors (Lipinski definition) is 0. The third-order valence-corrected chi connectivity index (χ3v) is 4.56. The lowest BCUT2D eigenvalue weighted by Crippen LogP contribution is -2.39. The molecule has 0 aliphatic rings. The van der Waals surface area contributed by atoms with Gasteiger partial charge < -0.3 is 9.64 Å². The number of nitrogens with zero attached hydrogens (tertiary/aromatic N) is 1. The molecular weight excluding hydrogens is 354 g/mol. The van der Waals surface area contributed by atoms with Crippen LogP contribution in [0.1, 0.15) is 48.2 Å². The number of anilines is 1. The molecule has 0 aromatic heterocycles. The molecule has 2 aromatic carbocycles. The number of carbonyl (C=O) groups is 3. The molecule has 0 aliphatic heterocycles. The van der Waals surface area contributed by atoms with Gasteiger partial charge in [-0.1, -0.05) is 30.3 Å². The maximum Gasteiger partial charge on any atom is 0.306 e. The number of para-hydroxylation sites is 1. The number of esters is 1. The SMILES string of the molecule is Cc1ccc(C(=O)CCC(=O)OCC(=O)N(c2ccccc2)C(C)C)cc1C. The molecule has 2 aromatic rings. The van der Waals surface area contributed by atoms with E-state index in [-0.39, 0.29) is 37.2 Å². The predicted molar refractivity (Wildman–Crippen MR) is 110 cm³/mol. The van der Waals surface area contributed by atoms with Gasteiger partial charge in [0.1, 0.15) is 0 Å². The molecule has 0 fully saturated rings. The first-order valence-corrected chi connectivity index (χ1v) is 9.42. The highest BCUT2D eigenvalue weighted by Gasteiger charge is 2.20. The molecule has 0 N–H and O–H groups in total. The van der Waals surface area contributed by atoms with Crippen LogP contribution in [0.3, 0.4) is 0 Å². The van der Waals surface area contributed by atoms with Crippen LogP contribution >= 0.6 is 0 Å². The van der Waals surface area contributed by atoms with Crippen LogP contribution in [0.4, 0.5) is 5.69 Å². The Bertz CT molecular complexity index is 843. The molecule has 0 spiro atoms. The number of aryl methyl sites for hydroxylation is 2. The van der Waals surface area contributed by atoms with Gasteiger partial charge >= 0.3 is 5.97 Å². The van der Waals surface area contributed by atoms with Crippen LogP contribution in [0.25, 0.3) is 0 Å². The van der Waals surface area contributed by atoms with Gasteiger partial charge in [-0.15, -0.1) is 0 Å². The van der Waals surface area contributed by atoms with E-state index in [4.69, 9.17) is 4.74 Å². The number of benzene rings is 2. The molecule has 0 aliphatic carbocycles. The summed E-state index contributed by atoms with van der Waals surface area (Å²) in [6, 6.07) is 14.7. The number of Topliss-reactive ketones (excluding diaryl/α,β-unsaturated/α-hetero) is 1. The van der Waals surface area contributed by atoms with Crippen molar-refractivity contribution in [2.24, 2.45) is 0 Å². The van der Waals surface area contributed by atoms with Crippen LogP contribution in [0.2, 0.25) is 0 Å². The molecule has 1 amide bonds. The fourth-order valence-electron chi connectivity index (χ4n) is 2.88. The molecule has 0 heterocycles. The lowest BCUT2D eigenvalue weighted by molar-refractivity contribution is -0.147. The molecule has 0 unspecified atom stereocenters. The zero-order valence-electron chi connectivity index (χ0n) is 16.9. The van der Waals surface area contributed by atoms with Crippen molar-refractivity contribution in [2.45, 2.75) is 46.6 Å². The summed E-state index contributed by atoms with van der Waals surface area (Å²) in [5.41, 5.74) is 3.49. The summed E-state index contributed by atoms with van der Waals surface area (Å²) in [4.78, 5) is 38.3. The minimum atomic E-state index is -0.553. The van der Waals surface area contributed by atoms with Crippen LogP contribution in [-0.4, -0.2) is 30.3 Å². The smallest absolute Gasteiger partial charge is 0.306 e. The van der Waals surface area contributed by atoms with Gasteiger partial charge in [-0.3, -0.25) is 14.4 Å². The molecule has 0 bridgehead atoms. The Morgan fingerprint density at radius 3 is 2.21 bits per heavy atom. The molecule has 5 nitrogen and oxygen atoms in total. The highest BCUT2D eigenvalue weighted by atomic mass is 16.5. The highest BCUT2D eigenvalue weighted by Crippen LogP contribution is 2.17. The Morgan fingerprint density at radius 1 is 0.929 bits per heavy atom. The summed E-state index contributed by atoms with van der Waals surface area (Å²) in [6.45, 7) is 7.38. The summed E-state index contributed by atoms with van der Waals surface area (Å²) in [6.07, 6.45) is 0.00809. The molecule has 0 saturated carbocycles. The minimum Gasteiger partial charge on any atom is -0.456 e. The van der Waals surface area contributed by atoms with Crippen molar-refractivity contribution in [3.63, 3.8) is 0 Å². The lowest BCUT2D eigenvalue weighted by Gasteiger charge is -2.26. The van der Waals surface area contributed by atoms with Gasteiger partial charge in [-0.25, -0.2) is 0 Å². The Labute approximate surface area is 166 Å². The van der Waals surface area contributed by atoms with Crippen molar-refractivity contribution in [2.75, 3.05) is 11.5 Å². The second-order valence-electron chi connectivity index (χ2n) is 7.08. The van der Waals surface area contributed by atoms with Gasteiger partial charge in [0.05, 0.1) is 6.42 Å². The molecule has 0 atom stereocenters. The fourth-order valence-corrected chi connectivity index (χ4v) is 2.88. The van der Waals surface area contributed by atoms with Crippen molar-refractivity contribution < 1.29 is 19.1 Å². The van der Waals surface area contributed by atoms with Crippen molar-refractivity contribution in [3.8, 4) is 0 Å². The number of rotatable bonds is 8. The molecular formula is C23H27NO4. The molecule has 2 rings (SSSR count). The second kappa shape index (κ2) is 9.83. The van der Waals surface area contributed by atoms with Crippen LogP contribution in [-0.2, 0) is 14.3 Å². The van der Waals surface area contributed by atoms with Crippen LogP contribution in [0.15, 0.2) is 48.5 Å². The van der Waals surface area contributed by atoms with Gasteiger partial charge in [0, 0.05) is 23.7 Å². The van der Waals surface area contributed by atoms with Crippen LogP contribution in [0, 0.1) is 13.8 Å². The fraction of sp³-hybridized carbons (Fsp3) is 0.348. The molecule has 148 valence electrons. The monoisotopic (exact) mass is 381 g/mol. The normalized spacial score (nSPS) is 10.6. The first-order chi connectivity index (χ1) is 13.3. The van der Waals surface area contributed by atoms with E-state index >= 15 is 0 Å². The summed E-state index contributed by atoms with van der Waals surface area (Å²) < 4.78 is 5.10. The largest absolute Gasteiger partial charge is 0.456 e. The number of hydrogen-bond acceptors (Lipinski definition) is 4. The molecule has 5 heteroatoms. The maximum atomic E-state index is 12.5. The third kappa shape index (κ3) is 5.78. The number of carbonyl (C=O) groups excluding carboxylic acids is 3. The average molecular weight is 381 g/mol. The maximum absolute atomic E-state index is 12.5. The number of ether oxygens (including phenoxy) is 1. The number of ketones is 1. The van der Waals surface area contributed by atoms with Crippen molar-refractivity contribution in [1.82, 2.24) is 0 Å². The van der Waals surface area contributed by atoms with Crippen molar-refractivity contribution >= 4 is 23.3 Å². The zero-order valence-corrected chi connectivity index (χ0v) is 16.9. The topological polar surface area (TPSA) is 63.7 Å². The first-order valence-electron chi connectivity index (χ1n) is 9.42. The van der Waals surface area contributed by atoms with Crippen molar-refractivity contribution in [1.29, 1.82) is 0 Å². The molecule has 28 heavy (non-hydrogen) atoms. The van der Waals surface area contributed by atoms with E-state index in [1.54, 1.807) is 11.0 Å². The zero-order chi connectivity index (χ0) is 20.7. The third-order valence-electron chi connectivity index (χ3n) is 4.56. The van der Waals surface area contributed by atoms with E-state index in [1.807, 2.05) is 70.2 Å². The standard InChI is InChI=1S/C23H27NO4/c1-16(2)24(20-8-6-5-7-9-20)22(26)15-28-23(27)13-12-21(25)19-11-10-17(3)18(4)14-19/h5-11,14,16H,12-13,15H2,1-4H3. The lowest BCUT2D eigenvalue weighted by atomic mass is 10.0. The van der Waals surface area contributed by atoms with Crippen molar-refractivity contribution in [3.05, 3.63) is 65.2 Å². The van der Waals surface area contributed by atoms with Gasteiger partial charge in [0.25, 0.3) is 5.91 Å². The van der Waals surface area contributed by atoms with E-state index in [0.29, 0.717) is 5.56 Å². The van der Waals surface area contributed by atoms with Gasteiger partial charge in [0.2, 0.25) is 0 Å². The quantitative estimate of drug-likeness (QED) is 0.506. The van der Waals surface area contributed by atoms with Crippen LogP contribution in [0.5, 0.6) is 0 Å². The summed E-state index contributed by atoms with van der Waals surface area (Å²) in [7, 11) is 0. The van der Waals surface area contributed by atoms with E-state index in [1.165, 1.54) is 0 Å². The molecule has 0 saturated heterocycles. The Morgan fingerprint density at radius 2 is 1.61 bits per heavy atom. The Balaban J connectivity index is 1.86. The number of amides is 1. The average Bonchev–Trinajstić information content (AvgIpc) is 2.67. The summed E-state index contributed by atoms with van der Waals surface area (Å²) in [5, 5.41) is 0. The second-order valence-corrected chi connectivity index (χ2v) is 7.08. The summed E-state index contributed by atoms with van der Waals surface area (Å²) in [5.74, 6) is -0.961. The van der Waals surface area contributed by atoms with E-state index in [2.05, 4.69) is 0 Å². The van der Waals surface area contributed by atoms with E-state index in [9.17, 15) is 14.4 Å². The predicted octanol–water partition coefficient (Wildman–Crippen LogP) is 4.25.